The van der Waals surface area contributed by atoms with Crippen LogP contribution in [0.5, 0.6) is 5.75 Å². The van der Waals surface area contributed by atoms with Gasteiger partial charge in [-0.15, -0.1) is 21.5 Å². The standard InChI is InChI=1S/C23H27N5O3S2/c1-16(27-12-4-3-5-13-27)21-25-26-23(28(21)17-8-10-18(31-2)11-9-17)33-15-20(29)24-22(30)19-7-6-14-32-19/h6-11,14,16H,3-5,12-13,15H2,1-2H3,(H,24,29,30). The number of amides is 2. The van der Waals surface area contributed by atoms with E-state index in [4.69, 9.17) is 4.74 Å². The van der Waals surface area contributed by atoms with Gasteiger partial charge in [0.05, 0.1) is 23.8 Å². The van der Waals surface area contributed by atoms with Gasteiger partial charge in [-0.2, -0.15) is 0 Å². The number of aromatic nitrogens is 3. The highest BCUT2D eigenvalue weighted by molar-refractivity contribution is 7.99. The van der Waals surface area contributed by atoms with E-state index >= 15 is 0 Å². The highest BCUT2D eigenvalue weighted by atomic mass is 32.2. The van der Waals surface area contributed by atoms with E-state index in [-0.39, 0.29) is 23.6 Å². The number of carbonyl (C=O) groups excluding carboxylic acids is 2. The third kappa shape index (κ3) is 5.63. The number of hydrogen-bond acceptors (Lipinski definition) is 8. The van der Waals surface area contributed by atoms with Crippen LogP contribution in [-0.4, -0.2) is 57.4 Å². The molecule has 3 heterocycles. The largest absolute Gasteiger partial charge is 0.497 e. The monoisotopic (exact) mass is 485 g/mol. The van der Waals surface area contributed by atoms with E-state index in [9.17, 15) is 9.59 Å². The lowest BCUT2D eigenvalue weighted by Crippen LogP contribution is -2.33. The summed E-state index contributed by atoms with van der Waals surface area (Å²) in [5, 5.41) is 13.8. The molecule has 3 aromatic rings. The maximum Gasteiger partial charge on any atom is 0.267 e. The van der Waals surface area contributed by atoms with Gasteiger partial charge in [0.2, 0.25) is 5.91 Å². The van der Waals surface area contributed by atoms with Gasteiger partial charge in [0.15, 0.2) is 11.0 Å². The summed E-state index contributed by atoms with van der Waals surface area (Å²) >= 11 is 2.56. The molecule has 1 N–H and O–H groups in total. The van der Waals surface area contributed by atoms with Gasteiger partial charge in [0.25, 0.3) is 5.91 Å². The van der Waals surface area contributed by atoms with Crippen LogP contribution in [0.2, 0.25) is 0 Å². The van der Waals surface area contributed by atoms with Crippen molar-refractivity contribution < 1.29 is 14.3 Å². The van der Waals surface area contributed by atoms with Gasteiger partial charge in [0, 0.05) is 5.69 Å². The Hall–Kier alpha value is -2.69. The van der Waals surface area contributed by atoms with Crippen molar-refractivity contribution in [1.82, 2.24) is 25.0 Å². The molecule has 1 aromatic carbocycles. The van der Waals surface area contributed by atoms with Crippen LogP contribution in [0, 0.1) is 0 Å². The van der Waals surface area contributed by atoms with Crippen molar-refractivity contribution in [3.05, 3.63) is 52.5 Å². The Labute approximate surface area is 201 Å². The fourth-order valence-corrected chi connectivity index (χ4v) is 5.23. The molecule has 0 saturated carbocycles. The molecule has 1 aliphatic heterocycles. The van der Waals surface area contributed by atoms with E-state index < -0.39 is 0 Å². The first kappa shape index (κ1) is 23.5. The predicted molar refractivity (Wildman–Crippen MR) is 129 cm³/mol. The first-order chi connectivity index (χ1) is 16.1. The quantitative estimate of drug-likeness (QED) is 0.484. The molecule has 10 heteroatoms. The summed E-state index contributed by atoms with van der Waals surface area (Å²) < 4.78 is 7.30. The molecule has 33 heavy (non-hydrogen) atoms. The second kappa shape index (κ2) is 11.0. The number of benzene rings is 1. The van der Waals surface area contributed by atoms with Crippen molar-refractivity contribution in [2.45, 2.75) is 37.4 Å². The number of nitrogens with one attached hydrogen (secondary N) is 1. The van der Waals surface area contributed by atoms with Crippen molar-refractivity contribution >= 4 is 34.9 Å². The number of piperidine rings is 1. The topological polar surface area (TPSA) is 89.3 Å². The van der Waals surface area contributed by atoms with Crippen molar-refractivity contribution in [1.29, 1.82) is 0 Å². The Morgan fingerprint density at radius 3 is 2.58 bits per heavy atom. The van der Waals surface area contributed by atoms with E-state index in [1.807, 2.05) is 28.8 Å². The van der Waals surface area contributed by atoms with Crippen molar-refractivity contribution in [2.75, 3.05) is 26.0 Å². The maximum absolute atomic E-state index is 12.4. The third-order valence-electron chi connectivity index (χ3n) is 5.63. The van der Waals surface area contributed by atoms with Gasteiger partial charge in [-0.1, -0.05) is 24.2 Å². The molecular weight excluding hydrogens is 458 g/mol. The summed E-state index contributed by atoms with van der Waals surface area (Å²) in [6.07, 6.45) is 3.62. The van der Waals surface area contributed by atoms with Crippen LogP contribution in [-0.2, 0) is 4.79 Å². The summed E-state index contributed by atoms with van der Waals surface area (Å²) in [5.41, 5.74) is 0.900. The lowest BCUT2D eigenvalue weighted by atomic mass is 10.1. The van der Waals surface area contributed by atoms with Crippen molar-refractivity contribution in [3.63, 3.8) is 0 Å². The zero-order valence-corrected chi connectivity index (χ0v) is 20.3. The summed E-state index contributed by atoms with van der Waals surface area (Å²) in [5.74, 6) is 0.904. The maximum atomic E-state index is 12.4. The molecule has 4 rings (SSSR count). The van der Waals surface area contributed by atoms with E-state index in [0.29, 0.717) is 10.0 Å². The summed E-state index contributed by atoms with van der Waals surface area (Å²) in [4.78, 5) is 27.5. The number of thioether (sulfide) groups is 1. The molecule has 1 saturated heterocycles. The Morgan fingerprint density at radius 1 is 1.15 bits per heavy atom. The molecular formula is C23H27N5O3S2. The van der Waals surface area contributed by atoms with Crippen LogP contribution in [0.3, 0.4) is 0 Å². The predicted octanol–water partition coefficient (Wildman–Crippen LogP) is 3.93. The number of ether oxygens (including phenoxy) is 1. The van der Waals surface area contributed by atoms with Gasteiger partial charge in [-0.25, -0.2) is 0 Å². The normalized spacial score (nSPS) is 15.2. The van der Waals surface area contributed by atoms with Crippen LogP contribution in [0.4, 0.5) is 0 Å². The van der Waals surface area contributed by atoms with Gasteiger partial charge in [-0.05, 0) is 68.6 Å². The second-order valence-corrected chi connectivity index (χ2v) is 9.68. The smallest absolute Gasteiger partial charge is 0.267 e. The molecule has 0 aliphatic carbocycles. The molecule has 0 bridgehead atoms. The zero-order chi connectivity index (χ0) is 23.2. The minimum Gasteiger partial charge on any atom is -0.497 e. The fourth-order valence-electron chi connectivity index (χ4n) is 3.85. The van der Waals surface area contributed by atoms with Crippen molar-refractivity contribution in [2.24, 2.45) is 0 Å². The summed E-state index contributed by atoms with van der Waals surface area (Å²) in [7, 11) is 1.63. The molecule has 8 nitrogen and oxygen atoms in total. The number of nitrogens with zero attached hydrogens (tertiary/aromatic N) is 4. The zero-order valence-electron chi connectivity index (χ0n) is 18.7. The SMILES string of the molecule is COc1ccc(-n2c(SCC(=O)NC(=O)c3cccs3)nnc2C(C)N2CCCCC2)cc1. The Bertz CT molecular complexity index is 1080. The third-order valence-corrected chi connectivity index (χ3v) is 7.43. The molecule has 0 spiro atoms. The van der Waals surface area contributed by atoms with Gasteiger partial charge >= 0.3 is 0 Å². The second-order valence-electron chi connectivity index (χ2n) is 7.79. The highest BCUT2D eigenvalue weighted by Gasteiger charge is 2.26. The minimum absolute atomic E-state index is 0.0590. The average Bonchev–Trinajstić information content (AvgIpc) is 3.53. The number of likely N-dealkylation sites (tertiary alicyclic amines) is 1. The van der Waals surface area contributed by atoms with Gasteiger partial charge < -0.3 is 4.74 Å². The molecule has 2 amide bonds. The highest BCUT2D eigenvalue weighted by Crippen LogP contribution is 2.30. The molecule has 174 valence electrons. The van der Waals surface area contributed by atoms with Crippen LogP contribution in [0.1, 0.15) is 47.7 Å². The number of carbonyl (C=O) groups is 2. The molecule has 1 unspecified atom stereocenters. The van der Waals surface area contributed by atoms with Gasteiger partial charge in [0.1, 0.15) is 5.75 Å². The van der Waals surface area contributed by atoms with Crippen LogP contribution in [0.15, 0.2) is 46.9 Å². The Morgan fingerprint density at radius 2 is 1.91 bits per heavy atom. The number of imide groups is 1. The average molecular weight is 486 g/mol. The van der Waals surface area contributed by atoms with Crippen molar-refractivity contribution in [3.8, 4) is 11.4 Å². The van der Waals surface area contributed by atoms with E-state index in [1.54, 1.807) is 24.6 Å². The van der Waals surface area contributed by atoms with Gasteiger partial charge in [-0.3, -0.25) is 24.4 Å². The summed E-state index contributed by atoms with van der Waals surface area (Å²) in [6, 6.07) is 11.3. The number of rotatable bonds is 8. The molecule has 2 aromatic heterocycles. The number of hydrogen-bond donors (Lipinski definition) is 1. The molecule has 1 fully saturated rings. The van der Waals surface area contributed by atoms with E-state index in [1.165, 1.54) is 42.4 Å². The first-order valence-corrected chi connectivity index (χ1v) is 12.8. The lowest BCUT2D eigenvalue weighted by molar-refractivity contribution is -0.117. The van der Waals surface area contributed by atoms with Crippen LogP contribution < -0.4 is 10.1 Å². The first-order valence-electron chi connectivity index (χ1n) is 10.9. The van der Waals surface area contributed by atoms with E-state index in [0.717, 1.165) is 30.4 Å². The minimum atomic E-state index is -0.383. The number of thiophene rings is 1. The van der Waals surface area contributed by atoms with Crippen LogP contribution in [0.25, 0.3) is 5.69 Å². The lowest BCUT2D eigenvalue weighted by Gasteiger charge is -2.31. The van der Waals surface area contributed by atoms with Crippen LogP contribution >= 0.6 is 23.1 Å². The number of methoxy groups -OCH3 is 1. The molecule has 1 aliphatic rings. The van der Waals surface area contributed by atoms with E-state index in [2.05, 4.69) is 27.3 Å². The Kier molecular flexibility index (Phi) is 7.79. The fraction of sp³-hybridized carbons (Fsp3) is 0.391. The molecule has 0 radical (unpaired) electrons. The summed E-state index contributed by atoms with van der Waals surface area (Å²) in [6.45, 7) is 4.22. The Balaban J connectivity index is 1.54. The molecule has 1 atom stereocenters.